The van der Waals surface area contributed by atoms with E-state index in [1.807, 2.05) is 25.4 Å². The van der Waals surface area contributed by atoms with Gasteiger partial charge in [0.2, 0.25) is 0 Å². The molecular formula is C14H25N3O. The van der Waals surface area contributed by atoms with Gasteiger partial charge in [0.05, 0.1) is 11.6 Å². The van der Waals surface area contributed by atoms with Crippen molar-refractivity contribution in [1.29, 1.82) is 0 Å². The molecule has 4 heteroatoms. The fourth-order valence-corrected chi connectivity index (χ4v) is 2.31. The van der Waals surface area contributed by atoms with E-state index < -0.39 is 5.60 Å². The zero-order chi connectivity index (χ0) is 13.8. The van der Waals surface area contributed by atoms with Crippen molar-refractivity contribution in [2.45, 2.75) is 44.9 Å². The summed E-state index contributed by atoms with van der Waals surface area (Å²) in [6.07, 6.45) is 4.49. The van der Waals surface area contributed by atoms with Crippen LogP contribution in [0.4, 0.5) is 0 Å². The molecule has 18 heavy (non-hydrogen) atoms. The number of likely N-dealkylation sites (N-methyl/N-ethyl adjacent to an activating group) is 1. The van der Waals surface area contributed by atoms with E-state index in [0.717, 1.165) is 12.0 Å². The lowest BCUT2D eigenvalue weighted by molar-refractivity contribution is 0.0266. The highest BCUT2D eigenvalue weighted by atomic mass is 16.3. The Balaban J connectivity index is 2.92. The quantitative estimate of drug-likeness (QED) is 0.805. The normalized spacial score (nSPS) is 15.7. The van der Waals surface area contributed by atoms with Gasteiger partial charge in [-0.1, -0.05) is 13.0 Å². The summed E-state index contributed by atoms with van der Waals surface area (Å²) in [4.78, 5) is 6.26. The lowest BCUT2D eigenvalue weighted by Gasteiger charge is -2.35. The Morgan fingerprint density at radius 2 is 2.17 bits per heavy atom. The van der Waals surface area contributed by atoms with Crippen molar-refractivity contribution >= 4 is 0 Å². The third-order valence-corrected chi connectivity index (χ3v) is 3.01. The van der Waals surface area contributed by atoms with Gasteiger partial charge in [-0.05, 0) is 38.9 Å². The smallest absolute Gasteiger partial charge is 0.0718 e. The maximum atomic E-state index is 9.94. The monoisotopic (exact) mass is 251 g/mol. The molecule has 0 bridgehead atoms. The SMILES string of the molecule is CCC(N)C(c1cccnc1)N(C)CC(C)(C)O. The molecule has 0 radical (unpaired) electrons. The molecule has 0 aliphatic rings. The van der Waals surface area contributed by atoms with Crippen LogP contribution in [-0.2, 0) is 0 Å². The Labute approximate surface area is 110 Å². The molecule has 0 aromatic carbocycles. The lowest BCUT2D eigenvalue weighted by Crippen LogP contribution is -2.44. The van der Waals surface area contributed by atoms with Crippen LogP contribution in [0.2, 0.25) is 0 Å². The molecule has 4 nitrogen and oxygen atoms in total. The number of hydrogen-bond donors (Lipinski definition) is 2. The first kappa shape index (κ1) is 15.1. The molecule has 0 amide bonds. The first-order valence-corrected chi connectivity index (χ1v) is 6.43. The van der Waals surface area contributed by atoms with Gasteiger partial charge in [0, 0.05) is 25.0 Å². The predicted molar refractivity (Wildman–Crippen MR) is 74.2 cm³/mol. The van der Waals surface area contributed by atoms with E-state index in [1.165, 1.54) is 0 Å². The van der Waals surface area contributed by atoms with Gasteiger partial charge in [-0.15, -0.1) is 0 Å². The summed E-state index contributed by atoms with van der Waals surface area (Å²) in [5, 5.41) is 9.94. The molecule has 2 atom stereocenters. The van der Waals surface area contributed by atoms with Gasteiger partial charge in [0.1, 0.15) is 0 Å². The van der Waals surface area contributed by atoms with Crippen LogP contribution in [0.5, 0.6) is 0 Å². The van der Waals surface area contributed by atoms with E-state index in [2.05, 4.69) is 16.8 Å². The first-order valence-electron chi connectivity index (χ1n) is 6.43. The molecule has 0 saturated carbocycles. The third-order valence-electron chi connectivity index (χ3n) is 3.01. The van der Waals surface area contributed by atoms with Crippen molar-refractivity contribution in [2.75, 3.05) is 13.6 Å². The summed E-state index contributed by atoms with van der Waals surface area (Å²) in [6.45, 7) is 6.26. The topological polar surface area (TPSA) is 62.4 Å². The largest absolute Gasteiger partial charge is 0.389 e. The number of hydrogen-bond acceptors (Lipinski definition) is 4. The zero-order valence-electron chi connectivity index (χ0n) is 11.8. The van der Waals surface area contributed by atoms with Crippen molar-refractivity contribution in [1.82, 2.24) is 9.88 Å². The van der Waals surface area contributed by atoms with Crippen LogP contribution in [0.3, 0.4) is 0 Å². The Hall–Kier alpha value is -0.970. The fraction of sp³-hybridized carbons (Fsp3) is 0.643. The van der Waals surface area contributed by atoms with Crippen molar-refractivity contribution in [3.8, 4) is 0 Å². The van der Waals surface area contributed by atoms with Crippen molar-refractivity contribution in [3.63, 3.8) is 0 Å². The number of aliphatic hydroxyl groups is 1. The molecule has 3 N–H and O–H groups in total. The minimum absolute atomic E-state index is 0.0292. The summed E-state index contributed by atoms with van der Waals surface area (Å²) in [5.74, 6) is 0. The molecule has 1 heterocycles. The molecular weight excluding hydrogens is 226 g/mol. The van der Waals surface area contributed by atoms with Crippen LogP contribution in [0.25, 0.3) is 0 Å². The summed E-state index contributed by atoms with van der Waals surface area (Å²) < 4.78 is 0. The van der Waals surface area contributed by atoms with Crippen molar-refractivity contribution in [2.24, 2.45) is 5.73 Å². The van der Waals surface area contributed by atoms with Gasteiger partial charge in [-0.3, -0.25) is 9.88 Å². The maximum absolute atomic E-state index is 9.94. The second-order valence-corrected chi connectivity index (χ2v) is 5.53. The third kappa shape index (κ3) is 4.37. The van der Waals surface area contributed by atoms with Gasteiger partial charge in [0.15, 0.2) is 0 Å². The van der Waals surface area contributed by atoms with E-state index in [0.29, 0.717) is 6.54 Å². The van der Waals surface area contributed by atoms with Crippen LogP contribution in [-0.4, -0.2) is 40.2 Å². The second-order valence-electron chi connectivity index (χ2n) is 5.53. The van der Waals surface area contributed by atoms with Crippen LogP contribution in [0.1, 0.15) is 38.8 Å². The van der Waals surface area contributed by atoms with Crippen molar-refractivity contribution in [3.05, 3.63) is 30.1 Å². The molecule has 0 fully saturated rings. The lowest BCUT2D eigenvalue weighted by atomic mass is 9.96. The molecule has 0 spiro atoms. The molecule has 2 unspecified atom stereocenters. The number of aromatic nitrogens is 1. The van der Waals surface area contributed by atoms with Gasteiger partial charge < -0.3 is 10.8 Å². The van der Waals surface area contributed by atoms with E-state index in [-0.39, 0.29) is 12.1 Å². The maximum Gasteiger partial charge on any atom is 0.0718 e. The van der Waals surface area contributed by atoms with Crippen LogP contribution in [0.15, 0.2) is 24.5 Å². The Morgan fingerprint density at radius 1 is 1.50 bits per heavy atom. The fourth-order valence-electron chi connectivity index (χ4n) is 2.31. The van der Waals surface area contributed by atoms with E-state index in [4.69, 9.17) is 5.73 Å². The van der Waals surface area contributed by atoms with E-state index in [1.54, 1.807) is 20.0 Å². The minimum Gasteiger partial charge on any atom is -0.389 e. The molecule has 1 aromatic rings. The van der Waals surface area contributed by atoms with Gasteiger partial charge in [-0.25, -0.2) is 0 Å². The Kier molecular flexibility index (Phi) is 5.26. The average molecular weight is 251 g/mol. The van der Waals surface area contributed by atoms with Gasteiger partial charge >= 0.3 is 0 Å². The average Bonchev–Trinajstić information content (AvgIpc) is 2.28. The summed E-state index contributed by atoms with van der Waals surface area (Å²) in [7, 11) is 1.99. The Bertz CT molecular complexity index is 348. The highest BCUT2D eigenvalue weighted by Gasteiger charge is 2.27. The van der Waals surface area contributed by atoms with Crippen LogP contribution >= 0.6 is 0 Å². The molecule has 102 valence electrons. The Morgan fingerprint density at radius 3 is 2.61 bits per heavy atom. The number of rotatable bonds is 6. The molecule has 0 saturated heterocycles. The standard InChI is InChI=1S/C14H25N3O/c1-5-12(15)13(11-7-6-8-16-9-11)17(4)10-14(2,3)18/h6-9,12-13,18H,5,10,15H2,1-4H3. The number of nitrogens with zero attached hydrogens (tertiary/aromatic N) is 2. The second kappa shape index (κ2) is 6.27. The van der Waals surface area contributed by atoms with Crippen LogP contribution in [0, 0.1) is 0 Å². The van der Waals surface area contributed by atoms with Gasteiger partial charge in [-0.2, -0.15) is 0 Å². The highest BCUT2D eigenvalue weighted by molar-refractivity contribution is 5.16. The predicted octanol–water partition coefficient (Wildman–Crippen LogP) is 1.56. The summed E-state index contributed by atoms with van der Waals surface area (Å²) in [6, 6.07) is 4.06. The molecule has 1 rings (SSSR count). The van der Waals surface area contributed by atoms with E-state index in [9.17, 15) is 5.11 Å². The summed E-state index contributed by atoms with van der Waals surface area (Å²) in [5.41, 5.74) is 6.58. The zero-order valence-corrected chi connectivity index (χ0v) is 11.8. The minimum atomic E-state index is -0.733. The van der Waals surface area contributed by atoms with Crippen LogP contribution < -0.4 is 5.73 Å². The van der Waals surface area contributed by atoms with E-state index >= 15 is 0 Å². The molecule has 0 aliphatic carbocycles. The number of nitrogens with two attached hydrogens (primary N) is 1. The highest BCUT2D eigenvalue weighted by Crippen LogP contribution is 2.24. The number of pyridine rings is 1. The molecule has 1 aromatic heterocycles. The summed E-state index contributed by atoms with van der Waals surface area (Å²) >= 11 is 0. The molecule has 0 aliphatic heterocycles. The first-order chi connectivity index (χ1) is 8.35. The van der Waals surface area contributed by atoms with Gasteiger partial charge in [0.25, 0.3) is 0 Å². The van der Waals surface area contributed by atoms with Crippen molar-refractivity contribution < 1.29 is 5.11 Å².